The van der Waals surface area contributed by atoms with Crippen molar-refractivity contribution in [2.75, 3.05) is 39.5 Å². The molecule has 0 saturated carbocycles. The summed E-state index contributed by atoms with van der Waals surface area (Å²) in [4.78, 5) is 14.3. The quantitative estimate of drug-likeness (QED) is 0.731. The number of carbonyl (C=O) groups excluding carboxylic acids is 1. The monoisotopic (exact) mass is 352 g/mol. The van der Waals surface area contributed by atoms with Crippen LogP contribution in [0.1, 0.15) is 48.9 Å². The Morgan fingerprint density at radius 3 is 2.88 bits per heavy atom. The lowest BCUT2D eigenvalue weighted by atomic mass is 9.83. The van der Waals surface area contributed by atoms with Crippen molar-refractivity contribution in [2.24, 2.45) is 0 Å². The predicted molar refractivity (Wildman–Crippen MR) is 90.5 cm³/mol. The van der Waals surface area contributed by atoms with E-state index in [9.17, 15) is 4.79 Å². The average Bonchev–Trinajstić information content (AvgIpc) is 3.06. The number of aryl methyl sites for hydroxylation is 1. The van der Waals surface area contributed by atoms with Crippen molar-refractivity contribution < 1.29 is 23.5 Å². The Hall–Kier alpha value is -1.44. The second kappa shape index (κ2) is 8.29. The molecule has 2 fully saturated rings. The van der Waals surface area contributed by atoms with Gasteiger partial charge in [-0.25, -0.2) is 0 Å². The first-order valence-electron chi connectivity index (χ1n) is 9.18. The number of hydrogen-bond donors (Lipinski definition) is 0. The third-order valence-corrected chi connectivity index (χ3v) is 5.04. The molecular weight excluding hydrogens is 324 g/mol. The molecule has 0 aliphatic carbocycles. The predicted octanol–water partition coefficient (Wildman–Crippen LogP) is 2.19. The van der Waals surface area contributed by atoms with E-state index >= 15 is 0 Å². The van der Waals surface area contributed by atoms with E-state index in [-0.39, 0.29) is 17.6 Å². The Bertz CT molecular complexity index is 566. The van der Waals surface area contributed by atoms with Crippen LogP contribution in [0.15, 0.2) is 10.6 Å². The Morgan fingerprint density at radius 2 is 2.20 bits per heavy atom. The van der Waals surface area contributed by atoms with Gasteiger partial charge in [0.05, 0.1) is 24.9 Å². The van der Waals surface area contributed by atoms with Crippen LogP contribution in [0.25, 0.3) is 0 Å². The second-order valence-electron chi connectivity index (χ2n) is 6.83. The summed E-state index contributed by atoms with van der Waals surface area (Å²) in [5.74, 6) is 0.589. The molecule has 25 heavy (non-hydrogen) atoms. The molecule has 1 atom stereocenters. The number of hydrogen-bond acceptors (Lipinski definition) is 6. The normalized spacial score (nSPS) is 23.1. The first-order chi connectivity index (χ1) is 12.1. The molecule has 1 unspecified atom stereocenters. The van der Waals surface area contributed by atoms with E-state index in [4.69, 9.17) is 18.7 Å². The van der Waals surface area contributed by atoms with Gasteiger partial charge in [-0.2, -0.15) is 0 Å². The highest BCUT2D eigenvalue weighted by molar-refractivity contribution is 5.92. The Morgan fingerprint density at radius 1 is 1.40 bits per heavy atom. The van der Waals surface area contributed by atoms with Crippen LogP contribution in [0.5, 0.6) is 0 Å². The van der Waals surface area contributed by atoms with E-state index in [0.717, 1.165) is 38.9 Å². The molecule has 140 valence electrons. The zero-order valence-electron chi connectivity index (χ0n) is 15.2. The Kier molecular flexibility index (Phi) is 6.09. The minimum absolute atomic E-state index is 0.0629. The van der Waals surface area contributed by atoms with E-state index in [1.165, 1.54) is 0 Å². The Balaban J connectivity index is 1.49. The van der Waals surface area contributed by atoms with Crippen molar-refractivity contribution in [1.82, 2.24) is 10.1 Å². The second-order valence-corrected chi connectivity index (χ2v) is 6.83. The maximum Gasteiger partial charge on any atom is 0.276 e. The van der Waals surface area contributed by atoms with Gasteiger partial charge < -0.3 is 23.6 Å². The molecule has 0 N–H and O–H groups in total. The molecule has 0 aromatic carbocycles. The van der Waals surface area contributed by atoms with Crippen LogP contribution >= 0.6 is 0 Å². The molecule has 0 bridgehead atoms. The van der Waals surface area contributed by atoms with Crippen LogP contribution in [-0.4, -0.2) is 67.2 Å². The largest absolute Gasteiger partial charge is 0.379 e. The SMILES string of the molecule is CCOCCOC1CCOC2(CCN(C(=O)c3cc(C)on3)CC2)C1. The number of amides is 1. The minimum atomic E-state index is -0.162. The molecule has 2 aliphatic heterocycles. The van der Waals surface area contributed by atoms with Crippen molar-refractivity contribution in [3.05, 3.63) is 17.5 Å². The number of rotatable bonds is 6. The van der Waals surface area contributed by atoms with Crippen molar-refractivity contribution in [3.63, 3.8) is 0 Å². The summed E-state index contributed by atoms with van der Waals surface area (Å²) in [5.41, 5.74) is 0.223. The maximum absolute atomic E-state index is 12.5. The number of likely N-dealkylation sites (tertiary alicyclic amines) is 1. The van der Waals surface area contributed by atoms with Crippen LogP contribution < -0.4 is 0 Å². The smallest absolute Gasteiger partial charge is 0.276 e. The standard InChI is InChI=1S/C18H28N2O5/c1-3-22-10-11-23-15-4-9-24-18(13-15)5-7-20(8-6-18)17(21)16-12-14(2)25-19-16/h12,15H,3-11,13H2,1-2H3. The average molecular weight is 352 g/mol. The first-order valence-corrected chi connectivity index (χ1v) is 9.18. The maximum atomic E-state index is 12.5. The van der Waals surface area contributed by atoms with E-state index in [0.29, 0.717) is 37.8 Å². The summed E-state index contributed by atoms with van der Waals surface area (Å²) in [6, 6.07) is 1.69. The van der Waals surface area contributed by atoms with Crippen LogP contribution in [0.2, 0.25) is 0 Å². The van der Waals surface area contributed by atoms with Gasteiger partial charge in [-0.05, 0) is 33.1 Å². The molecule has 2 aliphatic rings. The molecule has 2 saturated heterocycles. The molecular formula is C18H28N2O5. The minimum Gasteiger partial charge on any atom is -0.379 e. The summed E-state index contributed by atoms with van der Waals surface area (Å²) in [7, 11) is 0. The van der Waals surface area contributed by atoms with Gasteiger partial charge in [0.1, 0.15) is 5.76 Å². The molecule has 3 heterocycles. The molecule has 0 radical (unpaired) electrons. The number of nitrogens with zero attached hydrogens (tertiary/aromatic N) is 2. The zero-order chi connectivity index (χ0) is 17.7. The van der Waals surface area contributed by atoms with E-state index < -0.39 is 0 Å². The van der Waals surface area contributed by atoms with E-state index in [1.807, 2.05) is 11.8 Å². The van der Waals surface area contributed by atoms with Crippen molar-refractivity contribution in [1.29, 1.82) is 0 Å². The fraction of sp³-hybridized carbons (Fsp3) is 0.778. The third kappa shape index (κ3) is 4.59. The van der Waals surface area contributed by atoms with Crippen molar-refractivity contribution in [2.45, 2.75) is 51.2 Å². The lowest BCUT2D eigenvalue weighted by molar-refractivity contribution is -0.155. The highest BCUT2D eigenvalue weighted by Crippen LogP contribution is 2.36. The van der Waals surface area contributed by atoms with Gasteiger partial charge in [-0.3, -0.25) is 4.79 Å². The van der Waals surface area contributed by atoms with E-state index in [2.05, 4.69) is 5.16 Å². The van der Waals surface area contributed by atoms with Crippen LogP contribution in [0.4, 0.5) is 0 Å². The molecule has 1 aromatic heterocycles. The highest BCUT2D eigenvalue weighted by atomic mass is 16.5. The summed E-state index contributed by atoms with van der Waals surface area (Å²) in [6.07, 6.45) is 3.70. The van der Waals surface area contributed by atoms with Crippen LogP contribution in [-0.2, 0) is 14.2 Å². The number of piperidine rings is 1. The van der Waals surface area contributed by atoms with Gasteiger partial charge >= 0.3 is 0 Å². The third-order valence-electron chi connectivity index (χ3n) is 5.04. The molecule has 3 rings (SSSR count). The highest BCUT2D eigenvalue weighted by Gasteiger charge is 2.41. The summed E-state index contributed by atoms with van der Waals surface area (Å²) < 4.78 is 22.4. The topological polar surface area (TPSA) is 74.0 Å². The van der Waals surface area contributed by atoms with Gasteiger partial charge in [0.2, 0.25) is 0 Å². The fourth-order valence-electron chi connectivity index (χ4n) is 3.64. The van der Waals surface area contributed by atoms with Gasteiger partial charge in [0.15, 0.2) is 5.69 Å². The van der Waals surface area contributed by atoms with Crippen LogP contribution in [0.3, 0.4) is 0 Å². The van der Waals surface area contributed by atoms with Gasteiger partial charge in [-0.1, -0.05) is 5.16 Å². The van der Waals surface area contributed by atoms with Gasteiger partial charge in [0.25, 0.3) is 5.91 Å². The Labute approximate surface area is 148 Å². The summed E-state index contributed by atoms with van der Waals surface area (Å²) >= 11 is 0. The van der Waals surface area contributed by atoms with Crippen molar-refractivity contribution in [3.8, 4) is 0 Å². The van der Waals surface area contributed by atoms with Gasteiger partial charge in [0, 0.05) is 38.8 Å². The molecule has 7 heteroatoms. The summed E-state index contributed by atoms with van der Waals surface area (Å²) in [6.45, 7) is 7.83. The van der Waals surface area contributed by atoms with Crippen LogP contribution in [0, 0.1) is 6.92 Å². The molecule has 7 nitrogen and oxygen atoms in total. The fourth-order valence-corrected chi connectivity index (χ4v) is 3.64. The zero-order valence-corrected chi connectivity index (χ0v) is 15.2. The number of ether oxygens (including phenoxy) is 3. The molecule has 1 amide bonds. The lowest BCUT2D eigenvalue weighted by Crippen LogP contribution is -2.52. The summed E-state index contributed by atoms with van der Waals surface area (Å²) in [5, 5.41) is 3.83. The first kappa shape index (κ1) is 18.4. The number of carbonyl (C=O) groups is 1. The molecule has 1 aromatic rings. The lowest BCUT2D eigenvalue weighted by Gasteiger charge is -2.45. The van der Waals surface area contributed by atoms with Gasteiger partial charge in [-0.15, -0.1) is 0 Å². The van der Waals surface area contributed by atoms with Crippen molar-refractivity contribution >= 4 is 5.91 Å². The number of aromatic nitrogens is 1. The molecule has 1 spiro atoms. The van der Waals surface area contributed by atoms with E-state index in [1.54, 1.807) is 13.0 Å².